The maximum absolute atomic E-state index is 12.4. The summed E-state index contributed by atoms with van der Waals surface area (Å²) in [5.41, 5.74) is 3.19. The molecule has 22 heavy (non-hydrogen) atoms. The predicted octanol–water partition coefficient (Wildman–Crippen LogP) is 3.44. The second-order valence-electron chi connectivity index (χ2n) is 5.33. The third-order valence-electron chi connectivity index (χ3n) is 3.41. The molecule has 2 N–H and O–H groups in total. The number of carbonyl (C=O) groups excluding carboxylic acids is 2. The predicted molar refractivity (Wildman–Crippen MR) is 87.8 cm³/mol. The molecule has 0 aliphatic heterocycles. The van der Waals surface area contributed by atoms with Gasteiger partial charge in [-0.3, -0.25) is 9.59 Å². The monoisotopic (exact) mass is 296 g/mol. The van der Waals surface area contributed by atoms with E-state index in [2.05, 4.69) is 10.6 Å². The van der Waals surface area contributed by atoms with Crippen molar-refractivity contribution in [2.75, 3.05) is 5.32 Å². The van der Waals surface area contributed by atoms with Crippen LogP contribution in [0.2, 0.25) is 0 Å². The Kier molecular flexibility index (Phi) is 4.94. The Hall–Kier alpha value is -2.62. The van der Waals surface area contributed by atoms with Crippen molar-refractivity contribution in [3.63, 3.8) is 0 Å². The van der Waals surface area contributed by atoms with Gasteiger partial charge in [0.05, 0.1) is 17.3 Å². The summed E-state index contributed by atoms with van der Waals surface area (Å²) >= 11 is 0. The van der Waals surface area contributed by atoms with Gasteiger partial charge in [0.1, 0.15) is 0 Å². The van der Waals surface area contributed by atoms with Gasteiger partial charge in [-0.2, -0.15) is 0 Å². The van der Waals surface area contributed by atoms with Crippen molar-refractivity contribution in [2.24, 2.45) is 0 Å². The summed E-state index contributed by atoms with van der Waals surface area (Å²) in [4.78, 5) is 23.7. The van der Waals surface area contributed by atoms with Gasteiger partial charge in [-0.05, 0) is 31.5 Å². The first-order valence-electron chi connectivity index (χ1n) is 7.21. The lowest BCUT2D eigenvalue weighted by Gasteiger charge is -2.16. The highest BCUT2D eigenvalue weighted by Gasteiger charge is 2.15. The van der Waals surface area contributed by atoms with E-state index in [0.29, 0.717) is 11.3 Å². The lowest BCUT2D eigenvalue weighted by molar-refractivity contribution is -0.114. The van der Waals surface area contributed by atoms with Crippen LogP contribution in [0.15, 0.2) is 48.5 Å². The second-order valence-corrected chi connectivity index (χ2v) is 5.33. The number of rotatable bonds is 4. The molecule has 2 aromatic rings. The fourth-order valence-corrected chi connectivity index (χ4v) is 2.19. The van der Waals surface area contributed by atoms with Crippen LogP contribution < -0.4 is 10.6 Å². The van der Waals surface area contributed by atoms with Crippen molar-refractivity contribution in [3.05, 3.63) is 65.2 Å². The van der Waals surface area contributed by atoms with E-state index in [4.69, 9.17) is 0 Å². The molecule has 0 aliphatic carbocycles. The Morgan fingerprint density at radius 1 is 1.00 bits per heavy atom. The van der Waals surface area contributed by atoms with Gasteiger partial charge in [-0.15, -0.1) is 0 Å². The van der Waals surface area contributed by atoms with Crippen molar-refractivity contribution in [1.29, 1.82) is 0 Å². The van der Waals surface area contributed by atoms with Crippen LogP contribution in [0.3, 0.4) is 0 Å². The molecule has 0 aromatic heterocycles. The van der Waals surface area contributed by atoms with Crippen molar-refractivity contribution < 1.29 is 9.59 Å². The van der Waals surface area contributed by atoms with Crippen LogP contribution in [0.5, 0.6) is 0 Å². The molecule has 0 bridgehead atoms. The molecular formula is C18H20N2O2. The lowest BCUT2D eigenvalue weighted by atomic mass is 10.1. The zero-order chi connectivity index (χ0) is 16.1. The molecule has 0 heterocycles. The van der Waals surface area contributed by atoms with Gasteiger partial charge in [0, 0.05) is 6.92 Å². The summed E-state index contributed by atoms with van der Waals surface area (Å²) in [5.74, 6) is -0.413. The van der Waals surface area contributed by atoms with E-state index in [1.165, 1.54) is 12.5 Å². The number of nitrogens with one attached hydrogen (secondary N) is 2. The molecule has 2 aromatic carbocycles. The van der Waals surface area contributed by atoms with Crippen molar-refractivity contribution in [2.45, 2.75) is 26.8 Å². The molecule has 114 valence electrons. The fraction of sp³-hybridized carbons (Fsp3) is 0.222. The van der Waals surface area contributed by atoms with Crippen LogP contribution in [0.25, 0.3) is 0 Å². The van der Waals surface area contributed by atoms with E-state index in [9.17, 15) is 9.59 Å². The van der Waals surface area contributed by atoms with Crippen LogP contribution in [-0.4, -0.2) is 11.8 Å². The van der Waals surface area contributed by atoms with E-state index in [-0.39, 0.29) is 17.9 Å². The lowest BCUT2D eigenvalue weighted by Crippen LogP contribution is -2.27. The minimum absolute atomic E-state index is 0.113. The molecule has 0 saturated heterocycles. The van der Waals surface area contributed by atoms with Gasteiger partial charge in [0.15, 0.2) is 0 Å². The minimum Gasteiger partial charge on any atom is -0.345 e. The van der Waals surface area contributed by atoms with Crippen LogP contribution >= 0.6 is 0 Å². The summed E-state index contributed by atoms with van der Waals surface area (Å²) in [6.07, 6.45) is 0. The minimum atomic E-state index is -0.211. The van der Waals surface area contributed by atoms with E-state index in [0.717, 1.165) is 5.56 Å². The van der Waals surface area contributed by atoms with E-state index in [1.54, 1.807) is 24.3 Å². The number of benzene rings is 2. The number of aryl methyl sites for hydroxylation is 1. The molecule has 0 radical (unpaired) electrons. The number of para-hydroxylation sites is 1. The van der Waals surface area contributed by atoms with Crippen molar-refractivity contribution in [1.82, 2.24) is 5.32 Å². The van der Waals surface area contributed by atoms with Gasteiger partial charge < -0.3 is 10.6 Å². The zero-order valence-electron chi connectivity index (χ0n) is 13.0. The number of anilines is 1. The normalized spacial score (nSPS) is 11.6. The van der Waals surface area contributed by atoms with Crippen LogP contribution in [0, 0.1) is 6.92 Å². The Morgan fingerprint density at radius 2 is 1.64 bits per heavy atom. The molecule has 4 heteroatoms. The molecule has 1 atom stereocenters. The number of carbonyl (C=O) groups is 2. The summed E-state index contributed by atoms with van der Waals surface area (Å²) in [5, 5.41) is 5.63. The molecule has 2 amide bonds. The SMILES string of the molecule is CC(=O)Nc1ccccc1C(=O)NC(C)c1ccc(C)cc1. The largest absolute Gasteiger partial charge is 0.345 e. The smallest absolute Gasteiger partial charge is 0.253 e. The first kappa shape index (κ1) is 15.8. The Morgan fingerprint density at radius 3 is 2.27 bits per heavy atom. The summed E-state index contributed by atoms with van der Waals surface area (Å²) in [6, 6.07) is 14.9. The van der Waals surface area contributed by atoms with Gasteiger partial charge >= 0.3 is 0 Å². The molecule has 0 saturated carbocycles. The van der Waals surface area contributed by atoms with Crippen LogP contribution in [0.4, 0.5) is 5.69 Å². The highest BCUT2D eigenvalue weighted by atomic mass is 16.2. The van der Waals surface area contributed by atoms with E-state index >= 15 is 0 Å². The van der Waals surface area contributed by atoms with Crippen LogP contribution in [0.1, 0.15) is 41.4 Å². The van der Waals surface area contributed by atoms with Gasteiger partial charge in [-0.1, -0.05) is 42.0 Å². The number of hydrogen-bond acceptors (Lipinski definition) is 2. The zero-order valence-corrected chi connectivity index (χ0v) is 13.0. The Balaban J connectivity index is 2.15. The quantitative estimate of drug-likeness (QED) is 0.908. The average molecular weight is 296 g/mol. The molecule has 0 spiro atoms. The summed E-state index contributed by atoms with van der Waals surface area (Å²) < 4.78 is 0. The molecule has 2 rings (SSSR count). The van der Waals surface area contributed by atoms with E-state index in [1.807, 2.05) is 38.1 Å². The highest BCUT2D eigenvalue weighted by molar-refractivity contribution is 6.03. The first-order valence-corrected chi connectivity index (χ1v) is 7.21. The molecule has 1 unspecified atom stereocenters. The van der Waals surface area contributed by atoms with E-state index < -0.39 is 0 Å². The molecular weight excluding hydrogens is 276 g/mol. The van der Waals surface area contributed by atoms with Gasteiger partial charge in [-0.25, -0.2) is 0 Å². The first-order chi connectivity index (χ1) is 10.5. The standard InChI is InChI=1S/C18H20N2O2/c1-12-8-10-15(11-9-12)13(2)19-18(22)16-6-4-5-7-17(16)20-14(3)21/h4-11,13H,1-3H3,(H,19,22)(H,20,21). The maximum Gasteiger partial charge on any atom is 0.253 e. The molecule has 0 aliphatic rings. The highest BCUT2D eigenvalue weighted by Crippen LogP contribution is 2.18. The fourth-order valence-electron chi connectivity index (χ4n) is 2.19. The molecule has 4 nitrogen and oxygen atoms in total. The topological polar surface area (TPSA) is 58.2 Å². The Bertz CT molecular complexity index is 678. The van der Waals surface area contributed by atoms with Crippen LogP contribution in [-0.2, 0) is 4.79 Å². The average Bonchev–Trinajstić information content (AvgIpc) is 2.47. The van der Waals surface area contributed by atoms with Gasteiger partial charge in [0.2, 0.25) is 5.91 Å². The second kappa shape index (κ2) is 6.89. The Labute approximate surface area is 130 Å². The summed E-state index contributed by atoms with van der Waals surface area (Å²) in [6.45, 7) is 5.38. The van der Waals surface area contributed by atoms with Crippen molar-refractivity contribution >= 4 is 17.5 Å². The maximum atomic E-state index is 12.4. The third kappa shape index (κ3) is 3.95. The third-order valence-corrected chi connectivity index (χ3v) is 3.41. The van der Waals surface area contributed by atoms with Crippen molar-refractivity contribution in [3.8, 4) is 0 Å². The molecule has 0 fully saturated rings. The number of hydrogen-bond donors (Lipinski definition) is 2. The number of amides is 2. The summed E-state index contributed by atoms with van der Waals surface area (Å²) in [7, 11) is 0. The van der Waals surface area contributed by atoms with Gasteiger partial charge in [0.25, 0.3) is 5.91 Å².